The van der Waals surface area contributed by atoms with Gasteiger partial charge < -0.3 is 14.5 Å². The van der Waals surface area contributed by atoms with Crippen molar-refractivity contribution in [3.8, 4) is 5.75 Å². The van der Waals surface area contributed by atoms with Gasteiger partial charge >= 0.3 is 0 Å². The molecule has 30 heavy (non-hydrogen) atoms. The lowest BCUT2D eigenvalue weighted by Gasteiger charge is -2.29. The van der Waals surface area contributed by atoms with Crippen molar-refractivity contribution in [3.05, 3.63) is 59.7 Å². The molecule has 1 aliphatic heterocycles. The van der Waals surface area contributed by atoms with Crippen molar-refractivity contribution in [1.82, 2.24) is 4.90 Å². The molecule has 0 saturated carbocycles. The van der Waals surface area contributed by atoms with Crippen molar-refractivity contribution in [2.24, 2.45) is 0 Å². The van der Waals surface area contributed by atoms with Gasteiger partial charge in [0.05, 0.1) is 18.1 Å². The Morgan fingerprint density at radius 3 is 2.27 bits per heavy atom. The zero-order valence-corrected chi connectivity index (χ0v) is 18.7. The van der Waals surface area contributed by atoms with Gasteiger partial charge in [-0.1, -0.05) is 19.1 Å². The molecule has 7 heteroatoms. The van der Waals surface area contributed by atoms with E-state index in [4.69, 9.17) is 4.74 Å². The average Bonchev–Trinajstić information content (AvgIpc) is 3.10. The lowest BCUT2D eigenvalue weighted by Crippen LogP contribution is -2.40. The fourth-order valence-corrected chi connectivity index (χ4v) is 5.29. The Labute approximate surface area is 179 Å². The number of anilines is 1. The average molecular weight is 431 g/mol. The minimum atomic E-state index is -3.10. The Balaban J connectivity index is 1.82. The highest BCUT2D eigenvalue weighted by molar-refractivity contribution is 7.91. The number of sulfone groups is 1. The van der Waals surface area contributed by atoms with E-state index in [0.717, 1.165) is 23.4 Å². The number of ether oxygens (including phenoxy) is 1. The van der Waals surface area contributed by atoms with Crippen LogP contribution >= 0.6 is 0 Å². The first kappa shape index (κ1) is 22.2. The van der Waals surface area contributed by atoms with E-state index in [1.165, 1.54) is 0 Å². The lowest BCUT2D eigenvalue weighted by molar-refractivity contribution is 0.0681. The molecule has 2 aromatic rings. The Kier molecular flexibility index (Phi) is 7.02. The van der Waals surface area contributed by atoms with E-state index in [1.54, 1.807) is 29.2 Å². The standard InChI is InChI=1S/C23H30N2O4S/c1-4-14-29-22-11-7-19(8-12-22)23(26)25(21-13-15-30(27,28)17-21)16-18-5-9-20(10-6-18)24(2)3/h5-12,21H,4,13-17H2,1-3H3/t21-/m1/s1. The van der Waals surface area contributed by atoms with E-state index < -0.39 is 9.84 Å². The van der Waals surface area contributed by atoms with Crippen molar-refractivity contribution in [2.75, 3.05) is 37.1 Å². The fraction of sp³-hybridized carbons (Fsp3) is 0.435. The monoisotopic (exact) mass is 430 g/mol. The van der Waals surface area contributed by atoms with E-state index in [0.29, 0.717) is 25.1 Å². The molecule has 1 amide bonds. The van der Waals surface area contributed by atoms with Gasteiger partial charge in [0.2, 0.25) is 0 Å². The molecule has 6 nitrogen and oxygen atoms in total. The zero-order valence-electron chi connectivity index (χ0n) is 17.9. The molecular weight excluding hydrogens is 400 g/mol. The first-order valence-corrected chi connectivity index (χ1v) is 12.1. The van der Waals surface area contributed by atoms with Gasteiger partial charge in [-0.25, -0.2) is 8.42 Å². The van der Waals surface area contributed by atoms with Crippen LogP contribution in [0.25, 0.3) is 0 Å². The van der Waals surface area contributed by atoms with Crippen LogP contribution in [0.3, 0.4) is 0 Å². The smallest absolute Gasteiger partial charge is 0.254 e. The minimum Gasteiger partial charge on any atom is -0.494 e. The lowest BCUT2D eigenvalue weighted by atomic mass is 10.1. The number of amides is 1. The van der Waals surface area contributed by atoms with Crippen molar-refractivity contribution in [2.45, 2.75) is 32.4 Å². The summed E-state index contributed by atoms with van der Waals surface area (Å²) in [7, 11) is 0.845. The van der Waals surface area contributed by atoms with Gasteiger partial charge in [0.1, 0.15) is 5.75 Å². The molecule has 0 bridgehead atoms. The second-order valence-corrected chi connectivity index (χ2v) is 10.2. The number of carbonyl (C=O) groups is 1. The minimum absolute atomic E-state index is 0.0201. The summed E-state index contributed by atoms with van der Waals surface area (Å²) < 4.78 is 29.7. The van der Waals surface area contributed by atoms with Crippen LogP contribution in [0, 0.1) is 0 Å². The van der Waals surface area contributed by atoms with Gasteiger partial charge in [-0.05, 0) is 54.8 Å². The Morgan fingerprint density at radius 2 is 1.73 bits per heavy atom. The number of carbonyl (C=O) groups excluding carboxylic acids is 1. The highest BCUT2D eigenvalue weighted by atomic mass is 32.2. The quantitative estimate of drug-likeness (QED) is 0.642. The summed E-state index contributed by atoms with van der Waals surface area (Å²) in [4.78, 5) is 17.0. The molecular formula is C23H30N2O4S. The number of nitrogens with zero attached hydrogens (tertiary/aromatic N) is 2. The molecule has 1 saturated heterocycles. The predicted molar refractivity (Wildman–Crippen MR) is 120 cm³/mol. The molecule has 0 N–H and O–H groups in total. The van der Waals surface area contributed by atoms with Crippen molar-refractivity contribution >= 4 is 21.4 Å². The molecule has 0 aliphatic carbocycles. The summed E-state index contributed by atoms with van der Waals surface area (Å²) in [5.74, 6) is 0.718. The fourth-order valence-electron chi connectivity index (χ4n) is 3.56. The van der Waals surface area contributed by atoms with Gasteiger partial charge in [-0.2, -0.15) is 0 Å². The molecule has 0 spiro atoms. The topological polar surface area (TPSA) is 66.9 Å². The number of rotatable bonds is 8. The molecule has 0 unspecified atom stereocenters. The van der Waals surface area contributed by atoms with Gasteiger partial charge in [0.15, 0.2) is 9.84 Å². The van der Waals surface area contributed by atoms with E-state index >= 15 is 0 Å². The molecule has 0 radical (unpaired) electrons. The van der Waals surface area contributed by atoms with Gasteiger partial charge in [-0.3, -0.25) is 4.79 Å². The highest BCUT2D eigenvalue weighted by Gasteiger charge is 2.35. The molecule has 162 valence electrons. The maximum atomic E-state index is 13.3. The van der Waals surface area contributed by atoms with Crippen molar-refractivity contribution in [3.63, 3.8) is 0 Å². The zero-order chi connectivity index (χ0) is 21.7. The summed E-state index contributed by atoms with van der Waals surface area (Å²) in [6.45, 7) is 3.04. The third kappa shape index (κ3) is 5.53. The van der Waals surface area contributed by atoms with Gasteiger partial charge in [0, 0.05) is 37.9 Å². The third-order valence-electron chi connectivity index (χ3n) is 5.29. The Hall–Kier alpha value is -2.54. The van der Waals surface area contributed by atoms with Crippen LogP contribution in [0.5, 0.6) is 5.75 Å². The van der Waals surface area contributed by atoms with Crippen LogP contribution in [0.15, 0.2) is 48.5 Å². The van der Waals surface area contributed by atoms with Crippen molar-refractivity contribution in [1.29, 1.82) is 0 Å². The van der Waals surface area contributed by atoms with Crippen LogP contribution < -0.4 is 9.64 Å². The molecule has 1 aliphatic rings. The summed E-state index contributed by atoms with van der Waals surface area (Å²) in [6, 6.07) is 14.7. The third-order valence-corrected chi connectivity index (χ3v) is 7.04. The largest absolute Gasteiger partial charge is 0.494 e. The SMILES string of the molecule is CCCOc1ccc(C(=O)N(Cc2ccc(N(C)C)cc2)[C@@H]2CCS(=O)(=O)C2)cc1. The van der Waals surface area contributed by atoms with Gasteiger partial charge in [0.25, 0.3) is 5.91 Å². The normalized spacial score (nSPS) is 17.5. The summed E-state index contributed by atoms with van der Waals surface area (Å²) in [6.07, 6.45) is 1.39. The van der Waals surface area contributed by atoms with E-state index in [-0.39, 0.29) is 23.5 Å². The molecule has 1 heterocycles. The summed E-state index contributed by atoms with van der Waals surface area (Å²) in [5.41, 5.74) is 2.58. The number of hydrogen-bond donors (Lipinski definition) is 0. The predicted octanol–water partition coefficient (Wildman–Crippen LogP) is 3.37. The molecule has 3 rings (SSSR count). The summed E-state index contributed by atoms with van der Waals surface area (Å²) in [5, 5.41) is 0. The molecule has 1 fully saturated rings. The second-order valence-electron chi connectivity index (χ2n) is 7.92. The maximum Gasteiger partial charge on any atom is 0.254 e. The number of hydrogen-bond acceptors (Lipinski definition) is 5. The number of benzene rings is 2. The maximum absolute atomic E-state index is 13.3. The van der Waals surface area contributed by atoms with E-state index in [2.05, 4.69) is 0 Å². The summed E-state index contributed by atoms with van der Waals surface area (Å²) >= 11 is 0. The first-order chi connectivity index (χ1) is 14.3. The van der Waals surface area contributed by atoms with E-state index in [9.17, 15) is 13.2 Å². The Morgan fingerprint density at radius 1 is 1.07 bits per heavy atom. The molecule has 0 aromatic heterocycles. The van der Waals surface area contributed by atoms with Crippen LogP contribution in [0.2, 0.25) is 0 Å². The van der Waals surface area contributed by atoms with Crippen LogP contribution in [0.1, 0.15) is 35.7 Å². The Bertz CT molecular complexity index is 954. The second kappa shape index (κ2) is 9.51. The van der Waals surface area contributed by atoms with E-state index in [1.807, 2.05) is 50.2 Å². The highest BCUT2D eigenvalue weighted by Crippen LogP contribution is 2.24. The first-order valence-electron chi connectivity index (χ1n) is 10.3. The van der Waals surface area contributed by atoms with Crippen LogP contribution in [0.4, 0.5) is 5.69 Å². The van der Waals surface area contributed by atoms with Crippen LogP contribution in [-0.4, -0.2) is 57.5 Å². The van der Waals surface area contributed by atoms with Gasteiger partial charge in [-0.15, -0.1) is 0 Å². The molecule has 2 aromatic carbocycles. The van der Waals surface area contributed by atoms with Crippen LogP contribution in [-0.2, 0) is 16.4 Å². The molecule has 1 atom stereocenters. The van der Waals surface area contributed by atoms with Crippen molar-refractivity contribution < 1.29 is 17.9 Å².